The molecule has 1 unspecified atom stereocenters. The summed E-state index contributed by atoms with van der Waals surface area (Å²) in [5, 5.41) is 0.825. The van der Waals surface area contributed by atoms with E-state index in [0.29, 0.717) is 5.92 Å². The van der Waals surface area contributed by atoms with Crippen molar-refractivity contribution in [3.8, 4) is 0 Å². The van der Waals surface area contributed by atoms with Crippen molar-refractivity contribution in [2.75, 3.05) is 18.8 Å². The summed E-state index contributed by atoms with van der Waals surface area (Å²) in [7, 11) is 0. The number of nitrogens with zero attached hydrogens (tertiary/aromatic N) is 1. The van der Waals surface area contributed by atoms with E-state index < -0.39 is 5.60 Å². The van der Waals surface area contributed by atoms with Crippen molar-refractivity contribution < 1.29 is 9.53 Å². The Labute approximate surface area is 148 Å². The molecule has 0 radical (unpaired) electrons. The number of rotatable bonds is 3. The second kappa shape index (κ2) is 8.27. The number of piperidine rings is 1. The second-order valence-electron chi connectivity index (χ2n) is 7.64. The first-order valence-electron chi connectivity index (χ1n) is 8.57. The molecule has 5 heteroatoms. The Balaban J connectivity index is 1.72. The fraction of sp³-hybridized carbons (Fsp3) is 0.941. The van der Waals surface area contributed by atoms with E-state index >= 15 is 0 Å². The monoisotopic (exact) mass is 391 g/mol. The molecule has 1 saturated carbocycles. The van der Waals surface area contributed by atoms with E-state index in [-0.39, 0.29) is 6.09 Å². The smallest absolute Gasteiger partial charge is 0.410 e. The fourth-order valence-electron chi connectivity index (χ4n) is 3.15. The molecule has 2 rings (SSSR count). The third-order valence-corrected chi connectivity index (χ3v) is 6.86. The highest BCUT2D eigenvalue weighted by atomic mass is 79.9. The van der Waals surface area contributed by atoms with Crippen LogP contribution in [0.25, 0.3) is 0 Å². The lowest BCUT2D eigenvalue weighted by Crippen LogP contribution is -2.43. The van der Waals surface area contributed by atoms with E-state index in [9.17, 15) is 4.79 Å². The Hall–Kier alpha value is 0.100. The van der Waals surface area contributed by atoms with Crippen molar-refractivity contribution in [2.45, 2.75) is 75.0 Å². The molecule has 1 aliphatic heterocycles. The van der Waals surface area contributed by atoms with Gasteiger partial charge in [-0.05, 0) is 71.0 Å². The maximum absolute atomic E-state index is 12.2. The Bertz CT molecular complexity index is 364. The number of thioether (sulfide) groups is 1. The normalized spacial score (nSPS) is 30.2. The molecule has 1 saturated heterocycles. The van der Waals surface area contributed by atoms with Crippen molar-refractivity contribution in [2.24, 2.45) is 5.92 Å². The largest absolute Gasteiger partial charge is 0.444 e. The molecule has 0 aromatic heterocycles. The van der Waals surface area contributed by atoms with E-state index in [1.54, 1.807) is 0 Å². The van der Waals surface area contributed by atoms with Gasteiger partial charge in [0.1, 0.15) is 5.60 Å². The van der Waals surface area contributed by atoms with Crippen molar-refractivity contribution in [1.29, 1.82) is 0 Å². The van der Waals surface area contributed by atoms with E-state index in [2.05, 4.69) is 27.7 Å². The SMILES string of the molecule is CC(C)(C)OC(=O)N1CCCC(CSC2CCC(Br)CC2)C1. The number of hydrogen-bond acceptors (Lipinski definition) is 3. The molecule has 0 aromatic rings. The minimum absolute atomic E-state index is 0.137. The number of likely N-dealkylation sites (tertiary alicyclic amines) is 1. The fourth-order valence-corrected chi connectivity index (χ4v) is 5.10. The second-order valence-corrected chi connectivity index (χ2v) is 10.3. The first-order chi connectivity index (χ1) is 10.3. The summed E-state index contributed by atoms with van der Waals surface area (Å²) < 4.78 is 5.51. The van der Waals surface area contributed by atoms with Gasteiger partial charge in [0.2, 0.25) is 0 Å². The van der Waals surface area contributed by atoms with Gasteiger partial charge in [-0.15, -0.1) is 0 Å². The number of alkyl halides is 1. The molecule has 0 aromatic carbocycles. The van der Waals surface area contributed by atoms with E-state index in [1.165, 1.54) is 37.9 Å². The summed E-state index contributed by atoms with van der Waals surface area (Å²) in [6.07, 6.45) is 7.52. The van der Waals surface area contributed by atoms with Crippen molar-refractivity contribution >= 4 is 33.8 Å². The number of ether oxygens (including phenoxy) is 1. The predicted octanol–water partition coefficient (Wildman–Crippen LogP) is 5.07. The zero-order chi connectivity index (χ0) is 16.2. The van der Waals surface area contributed by atoms with Crippen LogP contribution in [0, 0.1) is 5.92 Å². The summed E-state index contributed by atoms with van der Waals surface area (Å²) >= 11 is 5.86. The zero-order valence-electron chi connectivity index (χ0n) is 14.1. The average molecular weight is 392 g/mol. The van der Waals surface area contributed by atoms with Gasteiger partial charge >= 0.3 is 6.09 Å². The number of halogens is 1. The van der Waals surface area contributed by atoms with Crippen LogP contribution in [0.1, 0.15) is 59.3 Å². The summed E-state index contributed by atoms with van der Waals surface area (Å²) in [5.74, 6) is 1.82. The van der Waals surface area contributed by atoms with Crippen LogP contribution in [0.4, 0.5) is 4.79 Å². The molecule has 22 heavy (non-hydrogen) atoms. The number of carbonyl (C=O) groups excluding carboxylic acids is 1. The van der Waals surface area contributed by atoms with Gasteiger partial charge in [0.15, 0.2) is 0 Å². The maximum Gasteiger partial charge on any atom is 0.410 e. The van der Waals surface area contributed by atoms with Crippen LogP contribution in [0.2, 0.25) is 0 Å². The van der Waals surface area contributed by atoms with Crippen LogP contribution in [0.15, 0.2) is 0 Å². The highest BCUT2D eigenvalue weighted by Crippen LogP contribution is 2.34. The molecule has 2 fully saturated rings. The van der Waals surface area contributed by atoms with Gasteiger partial charge < -0.3 is 9.64 Å². The Morgan fingerprint density at radius 2 is 1.91 bits per heavy atom. The molecule has 0 spiro atoms. The van der Waals surface area contributed by atoms with Crippen molar-refractivity contribution in [3.05, 3.63) is 0 Å². The quantitative estimate of drug-likeness (QED) is 0.628. The highest BCUT2D eigenvalue weighted by Gasteiger charge is 2.28. The molecule has 128 valence electrons. The maximum atomic E-state index is 12.2. The zero-order valence-corrected chi connectivity index (χ0v) is 16.5. The third kappa shape index (κ3) is 6.31. The predicted molar refractivity (Wildman–Crippen MR) is 98.0 cm³/mol. The first-order valence-corrected chi connectivity index (χ1v) is 10.5. The lowest BCUT2D eigenvalue weighted by Gasteiger charge is -2.35. The minimum atomic E-state index is -0.396. The Morgan fingerprint density at radius 3 is 2.55 bits per heavy atom. The summed E-state index contributed by atoms with van der Waals surface area (Å²) in [6, 6.07) is 0. The van der Waals surface area contributed by atoms with Crippen LogP contribution in [0.3, 0.4) is 0 Å². The van der Waals surface area contributed by atoms with Gasteiger partial charge in [0.25, 0.3) is 0 Å². The van der Waals surface area contributed by atoms with Crippen LogP contribution < -0.4 is 0 Å². The van der Waals surface area contributed by atoms with Gasteiger partial charge in [-0.2, -0.15) is 11.8 Å². The minimum Gasteiger partial charge on any atom is -0.444 e. The first kappa shape index (κ1) is 18.4. The van der Waals surface area contributed by atoms with E-state index in [4.69, 9.17) is 4.74 Å². The Kier molecular flexibility index (Phi) is 6.93. The average Bonchev–Trinajstić information content (AvgIpc) is 2.45. The van der Waals surface area contributed by atoms with Crippen molar-refractivity contribution in [3.63, 3.8) is 0 Å². The molecular weight excluding hydrogens is 362 g/mol. The molecule has 1 atom stereocenters. The third-order valence-electron chi connectivity index (χ3n) is 4.34. The highest BCUT2D eigenvalue weighted by molar-refractivity contribution is 9.09. The molecule has 3 nitrogen and oxygen atoms in total. The number of carbonyl (C=O) groups is 1. The van der Waals surface area contributed by atoms with Crippen LogP contribution in [-0.2, 0) is 4.74 Å². The van der Waals surface area contributed by atoms with Gasteiger partial charge in [-0.1, -0.05) is 15.9 Å². The van der Waals surface area contributed by atoms with Gasteiger partial charge in [-0.3, -0.25) is 0 Å². The standard InChI is InChI=1S/C17H30BrNO2S/c1-17(2,3)21-16(20)19-10-4-5-13(11-19)12-22-15-8-6-14(18)7-9-15/h13-15H,4-12H2,1-3H3. The molecule has 0 bridgehead atoms. The van der Waals surface area contributed by atoms with E-state index in [0.717, 1.165) is 29.6 Å². The van der Waals surface area contributed by atoms with Gasteiger partial charge in [0, 0.05) is 23.2 Å². The molecular formula is C17H30BrNO2S. The lowest BCUT2D eigenvalue weighted by atomic mass is 10.00. The van der Waals surface area contributed by atoms with Crippen LogP contribution >= 0.6 is 27.7 Å². The summed E-state index contributed by atoms with van der Waals surface area (Å²) in [6.45, 7) is 7.52. The number of hydrogen-bond donors (Lipinski definition) is 0. The molecule has 1 heterocycles. The number of amides is 1. The summed E-state index contributed by atoms with van der Waals surface area (Å²) in [4.78, 5) is 14.8. The molecule has 2 aliphatic rings. The topological polar surface area (TPSA) is 29.5 Å². The lowest BCUT2D eigenvalue weighted by molar-refractivity contribution is 0.0177. The van der Waals surface area contributed by atoms with Crippen LogP contribution in [-0.4, -0.2) is 45.5 Å². The molecule has 0 N–H and O–H groups in total. The van der Waals surface area contributed by atoms with E-state index in [1.807, 2.05) is 25.7 Å². The molecule has 1 amide bonds. The Morgan fingerprint density at radius 1 is 1.23 bits per heavy atom. The van der Waals surface area contributed by atoms with Gasteiger partial charge in [0.05, 0.1) is 0 Å². The van der Waals surface area contributed by atoms with Crippen molar-refractivity contribution in [1.82, 2.24) is 4.90 Å². The summed E-state index contributed by atoms with van der Waals surface area (Å²) in [5.41, 5.74) is -0.396. The molecule has 1 aliphatic carbocycles. The van der Waals surface area contributed by atoms with Crippen LogP contribution in [0.5, 0.6) is 0 Å². The van der Waals surface area contributed by atoms with Gasteiger partial charge in [-0.25, -0.2) is 4.79 Å².